The first-order valence-electron chi connectivity index (χ1n) is 4.28. The van der Waals surface area contributed by atoms with E-state index in [4.69, 9.17) is 11.6 Å². The molecule has 1 aromatic heterocycles. The van der Waals surface area contributed by atoms with Gasteiger partial charge in [-0.2, -0.15) is 22.0 Å². The number of halogens is 8. The van der Waals surface area contributed by atoms with Crippen molar-refractivity contribution in [3.63, 3.8) is 0 Å². The van der Waals surface area contributed by atoms with Gasteiger partial charge >= 0.3 is 12.1 Å². The number of nitrogens with zero attached hydrogens (tertiary/aromatic N) is 2. The van der Waals surface area contributed by atoms with Crippen LogP contribution in [0, 0.1) is 0 Å². The van der Waals surface area contributed by atoms with Crippen molar-refractivity contribution >= 4 is 16.8 Å². The van der Waals surface area contributed by atoms with E-state index < -0.39 is 40.8 Å². The molecule has 0 atom stereocenters. The SMILES string of the molecule is O=C(Cl)c1cnc(C(F)(F)C(F)(F)F)nc1C(F)F. The summed E-state index contributed by atoms with van der Waals surface area (Å²) in [6, 6.07) is 0. The van der Waals surface area contributed by atoms with Gasteiger partial charge < -0.3 is 0 Å². The number of carbonyl (C=O) groups excluding carboxylic acids is 1. The van der Waals surface area contributed by atoms with Crippen molar-refractivity contribution in [1.82, 2.24) is 9.97 Å². The molecule has 0 bridgehead atoms. The molecule has 1 aromatic rings. The standard InChI is InChI=1S/C8H2ClF7N2O/c9-4(19)2-1-17-6(18-3(2)5(10)11)7(12,13)8(14,15)16/h1,5H. The Labute approximate surface area is 105 Å². The lowest BCUT2D eigenvalue weighted by molar-refractivity contribution is -0.292. The van der Waals surface area contributed by atoms with Crippen LogP contribution in [0.25, 0.3) is 0 Å². The summed E-state index contributed by atoms with van der Waals surface area (Å²) in [7, 11) is 0. The van der Waals surface area contributed by atoms with Crippen LogP contribution < -0.4 is 0 Å². The average Bonchev–Trinajstić information content (AvgIpc) is 2.26. The van der Waals surface area contributed by atoms with Gasteiger partial charge in [-0.15, -0.1) is 0 Å². The molecule has 0 aliphatic carbocycles. The monoisotopic (exact) mass is 310 g/mol. The number of alkyl halides is 7. The van der Waals surface area contributed by atoms with Crippen LogP contribution in [0.1, 0.15) is 28.3 Å². The molecule has 0 fully saturated rings. The van der Waals surface area contributed by atoms with Crippen LogP contribution in [-0.2, 0) is 5.92 Å². The highest BCUT2D eigenvalue weighted by atomic mass is 35.5. The quantitative estimate of drug-likeness (QED) is 0.634. The summed E-state index contributed by atoms with van der Waals surface area (Å²) in [5, 5.41) is -1.50. The van der Waals surface area contributed by atoms with Crippen molar-refractivity contribution in [3.05, 3.63) is 23.3 Å². The summed E-state index contributed by atoms with van der Waals surface area (Å²) in [5.41, 5.74) is -2.63. The molecule has 0 unspecified atom stereocenters. The highest BCUT2D eigenvalue weighted by molar-refractivity contribution is 6.67. The Morgan fingerprint density at radius 3 is 2.11 bits per heavy atom. The Morgan fingerprint density at radius 1 is 1.21 bits per heavy atom. The molecule has 0 aliphatic heterocycles. The zero-order chi connectivity index (χ0) is 15.0. The van der Waals surface area contributed by atoms with Crippen LogP contribution in [0.15, 0.2) is 6.20 Å². The Balaban J connectivity index is 3.42. The first-order valence-corrected chi connectivity index (χ1v) is 4.66. The predicted molar refractivity (Wildman–Crippen MR) is 47.1 cm³/mol. The lowest BCUT2D eigenvalue weighted by atomic mass is 10.2. The van der Waals surface area contributed by atoms with Crippen LogP contribution in [-0.4, -0.2) is 21.4 Å². The molecule has 0 saturated carbocycles. The fourth-order valence-corrected chi connectivity index (χ4v) is 1.14. The second kappa shape index (κ2) is 4.91. The zero-order valence-electron chi connectivity index (χ0n) is 8.48. The smallest absolute Gasteiger partial charge is 0.275 e. The molecular weight excluding hydrogens is 309 g/mol. The van der Waals surface area contributed by atoms with E-state index in [1.165, 1.54) is 0 Å². The maximum absolute atomic E-state index is 12.8. The third kappa shape index (κ3) is 2.94. The Bertz CT molecular complexity index is 502. The number of hydrogen-bond acceptors (Lipinski definition) is 3. The number of rotatable bonds is 3. The van der Waals surface area contributed by atoms with E-state index in [1.807, 2.05) is 0 Å². The summed E-state index contributed by atoms with van der Waals surface area (Å²) >= 11 is 4.85. The van der Waals surface area contributed by atoms with Crippen LogP contribution in [0.2, 0.25) is 0 Å². The molecule has 1 rings (SSSR count). The first kappa shape index (κ1) is 15.6. The summed E-state index contributed by atoms with van der Waals surface area (Å²) in [4.78, 5) is 15.6. The summed E-state index contributed by atoms with van der Waals surface area (Å²) in [6.07, 6.45) is -9.53. The molecule has 0 aromatic carbocycles. The van der Waals surface area contributed by atoms with E-state index in [2.05, 4.69) is 9.97 Å². The number of hydrogen-bond donors (Lipinski definition) is 0. The fraction of sp³-hybridized carbons (Fsp3) is 0.375. The topological polar surface area (TPSA) is 42.9 Å². The second-order valence-corrected chi connectivity index (χ2v) is 3.48. The first-order chi connectivity index (χ1) is 8.48. The van der Waals surface area contributed by atoms with Gasteiger partial charge in [-0.3, -0.25) is 4.79 Å². The highest BCUT2D eigenvalue weighted by Gasteiger charge is 2.61. The molecule has 3 nitrogen and oxygen atoms in total. The molecule has 11 heteroatoms. The molecule has 1 heterocycles. The molecule has 0 N–H and O–H groups in total. The van der Waals surface area contributed by atoms with Gasteiger partial charge in [0, 0.05) is 6.20 Å². The lowest BCUT2D eigenvalue weighted by Gasteiger charge is -2.18. The molecule has 0 spiro atoms. The third-order valence-electron chi connectivity index (χ3n) is 1.87. The van der Waals surface area contributed by atoms with Gasteiger partial charge in [0.15, 0.2) is 0 Å². The molecule has 0 radical (unpaired) electrons. The van der Waals surface area contributed by atoms with Crippen LogP contribution in [0.3, 0.4) is 0 Å². The molecule has 0 amide bonds. The fourth-order valence-electron chi connectivity index (χ4n) is 0.991. The van der Waals surface area contributed by atoms with Gasteiger partial charge in [-0.05, 0) is 11.6 Å². The van der Waals surface area contributed by atoms with E-state index in [0.717, 1.165) is 0 Å². The van der Waals surface area contributed by atoms with Crippen molar-refractivity contribution in [2.45, 2.75) is 18.5 Å². The average molecular weight is 311 g/mol. The van der Waals surface area contributed by atoms with Crippen molar-refractivity contribution in [2.75, 3.05) is 0 Å². The summed E-state index contributed by atoms with van der Waals surface area (Å²) in [5.74, 6) is -7.71. The van der Waals surface area contributed by atoms with Crippen molar-refractivity contribution in [3.8, 4) is 0 Å². The minimum Gasteiger partial charge on any atom is -0.275 e. The van der Waals surface area contributed by atoms with E-state index >= 15 is 0 Å². The van der Waals surface area contributed by atoms with Crippen LogP contribution in [0.5, 0.6) is 0 Å². The van der Waals surface area contributed by atoms with Gasteiger partial charge in [-0.25, -0.2) is 18.7 Å². The van der Waals surface area contributed by atoms with E-state index in [1.54, 1.807) is 0 Å². The third-order valence-corrected chi connectivity index (χ3v) is 2.08. The predicted octanol–water partition coefficient (Wildman–Crippen LogP) is 3.45. The summed E-state index contributed by atoms with van der Waals surface area (Å²) in [6.45, 7) is 0. The van der Waals surface area contributed by atoms with E-state index in [-0.39, 0.29) is 6.20 Å². The Kier molecular flexibility index (Phi) is 4.03. The van der Waals surface area contributed by atoms with E-state index in [0.29, 0.717) is 0 Å². The Morgan fingerprint density at radius 2 is 1.74 bits per heavy atom. The normalized spacial score (nSPS) is 12.9. The van der Waals surface area contributed by atoms with Crippen molar-refractivity contribution in [2.24, 2.45) is 0 Å². The minimum absolute atomic E-state index is 0.0960. The molecule has 19 heavy (non-hydrogen) atoms. The van der Waals surface area contributed by atoms with Crippen molar-refractivity contribution < 1.29 is 35.5 Å². The largest absolute Gasteiger partial charge is 0.461 e. The zero-order valence-corrected chi connectivity index (χ0v) is 9.24. The number of aromatic nitrogens is 2. The molecule has 106 valence electrons. The van der Waals surface area contributed by atoms with E-state index in [9.17, 15) is 35.5 Å². The minimum atomic E-state index is -6.06. The van der Waals surface area contributed by atoms with Gasteiger partial charge in [0.25, 0.3) is 11.7 Å². The molecular formula is C8H2ClF7N2O. The Hall–Kier alpha value is -1.45. The van der Waals surface area contributed by atoms with Gasteiger partial charge in [0.05, 0.1) is 5.56 Å². The lowest BCUT2D eigenvalue weighted by Crippen LogP contribution is -2.36. The van der Waals surface area contributed by atoms with Crippen LogP contribution in [0.4, 0.5) is 30.7 Å². The van der Waals surface area contributed by atoms with Gasteiger partial charge in [0.2, 0.25) is 5.82 Å². The maximum atomic E-state index is 12.8. The molecule has 0 aliphatic rings. The molecule has 0 saturated heterocycles. The number of carbonyl (C=O) groups is 1. The summed E-state index contributed by atoms with van der Waals surface area (Å²) < 4.78 is 86.5. The van der Waals surface area contributed by atoms with Gasteiger partial charge in [-0.1, -0.05) is 0 Å². The second-order valence-electron chi connectivity index (χ2n) is 3.14. The highest BCUT2D eigenvalue weighted by Crippen LogP contribution is 2.42. The van der Waals surface area contributed by atoms with Crippen molar-refractivity contribution in [1.29, 1.82) is 0 Å². The maximum Gasteiger partial charge on any atom is 0.461 e. The van der Waals surface area contributed by atoms with Gasteiger partial charge in [0.1, 0.15) is 5.69 Å². The van der Waals surface area contributed by atoms with Crippen LogP contribution >= 0.6 is 11.6 Å².